The molecule has 0 aliphatic rings. The molecule has 20 heavy (non-hydrogen) atoms. The maximum absolute atomic E-state index is 11.6. The van der Waals surface area contributed by atoms with Crippen LogP contribution in [0.5, 0.6) is 0 Å². The molecule has 106 valence electrons. The van der Waals surface area contributed by atoms with Gasteiger partial charge in [0.2, 0.25) is 0 Å². The second-order valence-electron chi connectivity index (χ2n) is 4.13. The first-order valence-electron chi connectivity index (χ1n) is 6.19. The van der Waals surface area contributed by atoms with Crippen LogP contribution in [-0.2, 0) is 14.3 Å². The van der Waals surface area contributed by atoms with Crippen LogP contribution in [-0.4, -0.2) is 18.5 Å². The van der Waals surface area contributed by atoms with Gasteiger partial charge in [0.1, 0.15) is 5.40 Å². The molecule has 0 aliphatic heterocycles. The molecule has 1 rings (SSSR count). The zero-order valence-corrected chi connectivity index (χ0v) is 12.3. The number of carbonyl (C=O) groups excluding carboxylic acids is 2. The largest absolute Gasteiger partial charge is 0.456 e. The number of aryl methyl sites for hydroxylation is 1. The van der Waals surface area contributed by atoms with Gasteiger partial charge in [-0.05, 0) is 48.9 Å². The Hall–Kier alpha value is -2.00. The summed E-state index contributed by atoms with van der Waals surface area (Å²) in [6, 6.07) is 5.28. The number of benzene rings is 1. The number of thiocyanates is 1. The fraction of sp³-hybridized carbons (Fsp3) is 0.357. The molecule has 0 saturated carbocycles. The number of rotatable bonds is 6. The van der Waals surface area contributed by atoms with E-state index in [1.54, 1.807) is 12.1 Å². The van der Waals surface area contributed by atoms with Gasteiger partial charge in [-0.2, -0.15) is 5.26 Å². The Morgan fingerprint density at radius 2 is 2.20 bits per heavy atom. The van der Waals surface area contributed by atoms with Crippen molar-refractivity contribution in [1.29, 1.82) is 5.26 Å². The van der Waals surface area contributed by atoms with Crippen molar-refractivity contribution in [2.75, 3.05) is 11.9 Å². The van der Waals surface area contributed by atoms with E-state index in [2.05, 4.69) is 5.32 Å². The van der Waals surface area contributed by atoms with Gasteiger partial charge in [-0.1, -0.05) is 6.92 Å². The van der Waals surface area contributed by atoms with Gasteiger partial charge in [-0.15, -0.1) is 0 Å². The normalized spacial score (nSPS) is 9.65. The zero-order chi connectivity index (χ0) is 15.0. The van der Waals surface area contributed by atoms with Crippen molar-refractivity contribution in [3.05, 3.63) is 23.8 Å². The number of nitrogens with zero attached hydrogens (tertiary/aromatic N) is 1. The minimum absolute atomic E-state index is 0.285. The van der Waals surface area contributed by atoms with Crippen LogP contribution >= 0.6 is 11.8 Å². The van der Waals surface area contributed by atoms with Crippen LogP contribution in [0, 0.1) is 17.6 Å². The highest BCUT2D eigenvalue weighted by Crippen LogP contribution is 2.23. The molecule has 6 heteroatoms. The van der Waals surface area contributed by atoms with Crippen LogP contribution in [0.3, 0.4) is 0 Å². The molecule has 0 heterocycles. The van der Waals surface area contributed by atoms with Crippen LogP contribution in [0.1, 0.15) is 25.3 Å². The molecule has 1 amide bonds. The topological polar surface area (TPSA) is 79.2 Å². The summed E-state index contributed by atoms with van der Waals surface area (Å²) in [4.78, 5) is 23.6. The summed E-state index contributed by atoms with van der Waals surface area (Å²) in [5, 5.41) is 13.2. The van der Waals surface area contributed by atoms with E-state index >= 15 is 0 Å². The molecule has 1 aromatic rings. The number of nitriles is 1. The highest BCUT2D eigenvalue weighted by Gasteiger charge is 2.08. The number of hydrogen-bond donors (Lipinski definition) is 1. The van der Waals surface area contributed by atoms with Crippen LogP contribution in [0.25, 0.3) is 0 Å². The van der Waals surface area contributed by atoms with E-state index in [0.29, 0.717) is 18.5 Å². The standard InChI is InChI=1S/C14H16N2O3S/c1-3-4-14(18)19-8-13(17)16-12-6-5-11(20-9-15)7-10(12)2/h5-7H,3-4,8H2,1-2H3,(H,16,17). The van der Waals surface area contributed by atoms with E-state index in [-0.39, 0.29) is 18.5 Å². The van der Waals surface area contributed by atoms with E-state index in [0.717, 1.165) is 22.2 Å². The molecular formula is C14H16N2O3S. The van der Waals surface area contributed by atoms with Crippen LogP contribution in [0.4, 0.5) is 5.69 Å². The summed E-state index contributed by atoms with van der Waals surface area (Å²) in [6.07, 6.45) is 1.00. The highest BCUT2D eigenvalue weighted by molar-refractivity contribution is 8.03. The number of ether oxygens (including phenoxy) is 1. The summed E-state index contributed by atoms with van der Waals surface area (Å²) in [5.74, 6) is -0.752. The van der Waals surface area contributed by atoms with E-state index in [1.165, 1.54) is 0 Å². The second kappa shape index (κ2) is 8.23. The van der Waals surface area contributed by atoms with E-state index in [9.17, 15) is 9.59 Å². The van der Waals surface area contributed by atoms with Gasteiger partial charge in [-0.25, -0.2) is 0 Å². The molecule has 0 bridgehead atoms. The predicted molar refractivity (Wildman–Crippen MR) is 77.1 cm³/mol. The van der Waals surface area contributed by atoms with Crippen LogP contribution in [0.2, 0.25) is 0 Å². The Labute approximate surface area is 122 Å². The maximum atomic E-state index is 11.6. The number of nitrogens with one attached hydrogen (secondary N) is 1. The molecule has 0 aliphatic carbocycles. The second-order valence-corrected chi connectivity index (χ2v) is 4.99. The lowest BCUT2D eigenvalue weighted by molar-refractivity contribution is -0.147. The summed E-state index contributed by atoms with van der Waals surface area (Å²) < 4.78 is 4.82. The van der Waals surface area contributed by atoms with Crippen molar-refractivity contribution in [3.8, 4) is 5.40 Å². The predicted octanol–water partition coefficient (Wildman–Crippen LogP) is 2.85. The molecule has 0 aromatic heterocycles. The average Bonchev–Trinajstić information content (AvgIpc) is 2.40. The first-order chi connectivity index (χ1) is 9.56. The molecule has 0 spiro atoms. The highest BCUT2D eigenvalue weighted by atomic mass is 32.2. The number of thioether (sulfide) groups is 1. The molecule has 0 saturated heterocycles. The fourth-order valence-corrected chi connectivity index (χ4v) is 1.98. The number of anilines is 1. The third-order valence-corrected chi connectivity index (χ3v) is 3.03. The quantitative estimate of drug-likeness (QED) is 0.495. The van der Waals surface area contributed by atoms with Crippen molar-refractivity contribution in [2.24, 2.45) is 0 Å². The van der Waals surface area contributed by atoms with E-state index in [4.69, 9.17) is 10.00 Å². The fourth-order valence-electron chi connectivity index (χ4n) is 1.50. The van der Waals surface area contributed by atoms with Crippen molar-refractivity contribution >= 4 is 29.3 Å². The number of hydrogen-bond acceptors (Lipinski definition) is 5. The zero-order valence-electron chi connectivity index (χ0n) is 11.4. The van der Waals surface area contributed by atoms with Gasteiger partial charge in [0.25, 0.3) is 5.91 Å². The van der Waals surface area contributed by atoms with Gasteiger partial charge in [0.15, 0.2) is 6.61 Å². The van der Waals surface area contributed by atoms with Gasteiger partial charge < -0.3 is 10.1 Å². The summed E-state index contributed by atoms with van der Waals surface area (Å²) in [7, 11) is 0. The lowest BCUT2D eigenvalue weighted by Gasteiger charge is -2.09. The van der Waals surface area contributed by atoms with E-state index in [1.807, 2.05) is 25.3 Å². The van der Waals surface area contributed by atoms with Crippen molar-refractivity contribution in [1.82, 2.24) is 0 Å². The van der Waals surface area contributed by atoms with Crippen LogP contribution < -0.4 is 5.32 Å². The Balaban J connectivity index is 2.54. The minimum Gasteiger partial charge on any atom is -0.456 e. The molecule has 0 atom stereocenters. The minimum atomic E-state index is -0.377. The average molecular weight is 292 g/mol. The number of amides is 1. The monoisotopic (exact) mass is 292 g/mol. The van der Waals surface area contributed by atoms with Gasteiger partial charge in [-0.3, -0.25) is 9.59 Å². The van der Waals surface area contributed by atoms with Gasteiger partial charge in [0.05, 0.1) is 0 Å². The van der Waals surface area contributed by atoms with Crippen molar-refractivity contribution in [2.45, 2.75) is 31.6 Å². The molecule has 0 fully saturated rings. The van der Waals surface area contributed by atoms with Crippen molar-refractivity contribution in [3.63, 3.8) is 0 Å². The first-order valence-corrected chi connectivity index (χ1v) is 7.00. The van der Waals surface area contributed by atoms with Gasteiger partial charge >= 0.3 is 5.97 Å². The summed E-state index contributed by atoms with van der Waals surface area (Å²) in [6.45, 7) is 3.42. The maximum Gasteiger partial charge on any atom is 0.306 e. The molecule has 0 unspecified atom stereocenters. The third kappa shape index (κ3) is 5.33. The lowest BCUT2D eigenvalue weighted by atomic mass is 10.2. The lowest BCUT2D eigenvalue weighted by Crippen LogP contribution is -2.21. The third-order valence-electron chi connectivity index (χ3n) is 2.45. The first kappa shape index (κ1) is 16.1. The van der Waals surface area contributed by atoms with Crippen molar-refractivity contribution < 1.29 is 14.3 Å². The molecule has 1 N–H and O–H groups in total. The Kier molecular flexibility index (Phi) is 6.60. The SMILES string of the molecule is CCCC(=O)OCC(=O)Nc1ccc(SC#N)cc1C. The Morgan fingerprint density at radius 3 is 2.80 bits per heavy atom. The summed E-state index contributed by atoms with van der Waals surface area (Å²) >= 11 is 1.06. The number of carbonyl (C=O) groups is 2. The number of esters is 1. The molecule has 1 aromatic carbocycles. The van der Waals surface area contributed by atoms with Gasteiger partial charge in [0, 0.05) is 17.0 Å². The van der Waals surface area contributed by atoms with Crippen LogP contribution in [0.15, 0.2) is 23.1 Å². The molecule has 5 nitrogen and oxygen atoms in total. The van der Waals surface area contributed by atoms with E-state index < -0.39 is 0 Å². The smallest absolute Gasteiger partial charge is 0.306 e. The summed E-state index contributed by atoms with van der Waals surface area (Å²) in [5.41, 5.74) is 1.49. The Bertz CT molecular complexity index is 538. The molecular weight excluding hydrogens is 276 g/mol. The Morgan fingerprint density at radius 1 is 1.45 bits per heavy atom. The molecule has 0 radical (unpaired) electrons.